The number of hydrogen-bond acceptors (Lipinski definition) is 4. The lowest BCUT2D eigenvalue weighted by Gasteiger charge is -2.15. The van der Waals surface area contributed by atoms with Crippen molar-refractivity contribution in [2.24, 2.45) is 0 Å². The zero-order valence-electron chi connectivity index (χ0n) is 11.2. The summed E-state index contributed by atoms with van der Waals surface area (Å²) in [5.74, 6) is 0. The molecule has 2 aromatic rings. The Kier molecular flexibility index (Phi) is 4.45. The summed E-state index contributed by atoms with van der Waals surface area (Å²) in [7, 11) is -1.07. The monoisotopic (exact) mass is 318 g/mol. The maximum absolute atomic E-state index is 6.05. The molecule has 0 bridgehead atoms. The molecule has 8 heteroatoms. The van der Waals surface area contributed by atoms with Gasteiger partial charge in [0.15, 0.2) is 5.15 Å². The number of halogens is 2. The highest BCUT2D eigenvalue weighted by atomic mass is 35.5. The van der Waals surface area contributed by atoms with Gasteiger partial charge in [0.05, 0.1) is 6.20 Å². The fourth-order valence-corrected chi connectivity index (χ4v) is 2.81. The molecule has 0 aliphatic carbocycles. The van der Waals surface area contributed by atoms with Gasteiger partial charge in [0, 0.05) is 14.7 Å². The Morgan fingerprint density at radius 3 is 2.68 bits per heavy atom. The normalized spacial score (nSPS) is 12.3. The van der Waals surface area contributed by atoms with Gasteiger partial charge in [-0.15, -0.1) is 0 Å². The van der Waals surface area contributed by atoms with Crippen molar-refractivity contribution < 1.29 is 4.74 Å². The van der Waals surface area contributed by atoms with E-state index in [1.807, 2.05) is 0 Å². The van der Waals surface area contributed by atoms with Gasteiger partial charge in [-0.05, 0) is 17.6 Å². The Bertz CT molecular complexity index is 582. The predicted molar refractivity (Wildman–Crippen MR) is 79.4 cm³/mol. The van der Waals surface area contributed by atoms with E-state index in [9.17, 15) is 0 Å². The third kappa shape index (κ3) is 3.89. The second kappa shape index (κ2) is 5.74. The minimum Gasteiger partial charge on any atom is -0.360 e. The van der Waals surface area contributed by atoms with Gasteiger partial charge in [0.2, 0.25) is 5.28 Å². The number of aromatic nitrogens is 4. The van der Waals surface area contributed by atoms with Gasteiger partial charge in [-0.3, -0.25) is 0 Å². The highest BCUT2D eigenvalue weighted by molar-refractivity contribution is 6.76. The molecule has 2 rings (SSSR count). The zero-order valence-corrected chi connectivity index (χ0v) is 13.7. The van der Waals surface area contributed by atoms with Crippen LogP contribution in [0.4, 0.5) is 0 Å². The quantitative estimate of drug-likeness (QED) is 0.367. The van der Waals surface area contributed by atoms with Crippen LogP contribution in [0.2, 0.25) is 36.1 Å². The number of ether oxygens (including phenoxy) is 1. The van der Waals surface area contributed by atoms with Crippen LogP contribution in [-0.2, 0) is 11.5 Å². The summed E-state index contributed by atoms with van der Waals surface area (Å²) in [4.78, 5) is 7.97. The van der Waals surface area contributed by atoms with Gasteiger partial charge in [0.1, 0.15) is 17.8 Å². The molecule has 0 atom stereocenters. The maximum atomic E-state index is 6.05. The molecular weight excluding hydrogens is 303 g/mol. The lowest BCUT2D eigenvalue weighted by Crippen LogP contribution is -2.22. The smallest absolute Gasteiger partial charge is 0.224 e. The first-order valence-corrected chi connectivity index (χ1v) is 10.5. The molecule has 5 nitrogen and oxygen atoms in total. The van der Waals surface area contributed by atoms with E-state index < -0.39 is 8.07 Å². The number of rotatable bonds is 5. The van der Waals surface area contributed by atoms with E-state index in [2.05, 4.69) is 34.7 Å². The number of hydrogen-bond donors (Lipinski definition) is 0. The van der Waals surface area contributed by atoms with Crippen molar-refractivity contribution in [2.75, 3.05) is 6.61 Å². The summed E-state index contributed by atoms with van der Waals surface area (Å²) in [5.41, 5.74) is 1.28. The zero-order chi connectivity index (χ0) is 14.0. The lowest BCUT2D eigenvalue weighted by atomic mass is 10.5. The molecule has 0 aliphatic rings. The predicted octanol–water partition coefficient (Wildman–Crippen LogP) is 3.45. The van der Waals surface area contributed by atoms with E-state index in [-0.39, 0.29) is 5.28 Å². The summed E-state index contributed by atoms with van der Waals surface area (Å²) in [5, 5.41) is 4.60. The molecule has 2 heterocycles. The van der Waals surface area contributed by atoms with Gasteiger partial charge in [-0.2, -0.15) is 5.10 Å². The SMILES string of the molecule is C[Si](C)(C)CCOCn1ncc2nc(Cl)nc(Cl)c21. The van der Waals surface area contributed by atoms with Gasteiger partial charge in [-0.25, -0.2) is 14.6 Å². The molecule has 0 amide bonds. The molecule has 19 heavy (non-hydrogen) atoms. The summed E-state index contributed by atoms with van der Waals surface area (Å²) in [6, 6.07) is 1.11. The van der Waals surface area contributed by atoms with Crippen molar-refractivity contribution >= 4 is 42.3 Å². The fraction of sp³-hybridized carbons (Fsp3) is 0.545. The first-order chi connectivity index (χ1) is 8.87. The molecule has 0 unspecified atom stereocenters. The highest BCUT2D eigenvalue weighted by Crippen LogP contribution is 2.21. The Hall–Kier alpha value is -0.693. The van der Waals surface area contributed by atoms with Crippen LogP contribution in [0.5, 0.6) is 0 Å². The topological polar surface area (TPSA) is 52.8 Å². The maximum Gasteiger partial charge on any atom is 0.224 e. The average molecular weight is 319 g/mol. The van der Waals surface area contributed by atoms with E-state index in [1.54, 1.807) is 10.9 Å². The van der Waals surface area contributed by atoms with Crippen LogP contribution in [0, 0.1) is 0 Å². The van der Waals surface area contributed by atoms with Crippen molar-refractivity contribution in [3.05, 3.63) is 16.6 Å². The van der Waals surface area contributed by atoms with Crippen molar-refractivity contribution in [3.63, 3.8) is 0 Å². The average Bonchev–Trinajstić information content (AvgIpc) is 2.66. The molecule has 0 fully saturated rings. The first-order valence-electron chi connectivity index (χ1n) is 5.99. The third-order valence-corrected chi connectivity index (χ3v) is 4.77. The molecule has 0 aliphatic heterocycles. The second-order valence-corrected chi connectivity index (χ2v) is 11.8. The third-order valence-electron chi connectivity index (χ3n) is 2.63. The van der Waals surface area contributed by atoms with Crippen molar-refractivity contribution in [2.45, 2.75) is 32.4 Å². The summed E-state index contributed by atoms with van der Waals surface area (Å²) in [6.45, 7) is 8.01. The largest absolute Gasteiger partial charge is 0.360 e. The van der Waals surface area contributed by atoms with E-state index in [4.69, 9.17) is 27.9 Å². The Balaban J connectivity index is 2.06. The van der Waals surface area contributed by atoms with Crippen molar-refractivity contribution in [1.29, 1.82) is 0 Å². The first kappa shape index (κ1) is 14.7. The Morgan fingerprint density at radius 1 is 1.26 bits per heavy atom. The molecule has 0 saturated carbocycles. The Labute approximate surface area is 122 Å². The van der Waals surface area contributed by atoms with Crippen LogP contribution < -0.4 is 0 Å². The molecule has 0 aromatic carbocycles. The van der Waals surface area contributed by atoms with Crippen LogP contribution in [0.3, 0.4) is 0 Å². The number of fused-ring (bicyclic) bond motifs is 1. The lowest BCUT2D eigenvalue weighted by molar-refractivity contribution is 0.0816. The summed E-state index contributed by atoms with van der Waals surface area (Å²) >= 11 is 11.8. The molecule has 2 aromatic heterocycles. The minimum atomic E-state index is -1.07. The van der Waals surface area contributed by atoms with Crippen LogP contribution in [0.15, 0.2) is 6.20 Å². The minimum absolute atomic E-state index is 0.122. The van der Waals surface area contributed by atoms with Crippen LogP contribution in [0.1, 0.15) is 0 Å². The fourth-order valence-electron chi connectivity index (χ4n) is 1.56. The van der Waals surface area contributed by atoms with Crippen LogP contribution in [0.25, 0.3) is 11.0 Å². The highest BCUT2D eigenvalue weighted by Gasteiger charge is 2.14. The van der Waals surface area contributed by atoms with Crippen LogP contribution in [-0.4, -0.2) is 34.4 Å². The van der Waals surface area contributed by atoms with E-state index in [0.717, 1.165) is 12.7 Å². The number of nitrogens with zero attached hydrogens (tertiary/aromatic N) is 4. The standard InChI is InChI=1S/C11H16Cl2N4OSi/c1-19(2,3)5-4-18-7-17-9-8(6-14-17)15-11(13)16-10(9)12/h6H,4-5,7H2,1-3H3. The summed E-state index contributed by atoms with van der Waals surface area (Å²) < 4.78 is 7.29. The molecular formula is C11H16Cl2N4OSi. The molecule has 0 saturated heterocycles. The van der Waals surface area contributed by atoms with E-state index in [1.165, 1.54) is 0 Å². The molecule has 0 N–H and O–H groups in total. The van der Waals surface area contributed by atoms with E-state index in [0.29, 0.717) is 22.9 Å². The second-order valence-electron chi connectivity index (χ2n) is 5.51. The van der Waals surface area contributed by atoms with E-state index >= 15 is 0 Å². The Morgan fingerprint density at radius 2 is 2.00 bits per heavy atom. The van der Waals surface area contributed by atoms with Crippen molar-refractivity contribution in [1.82, 2.24) is 19.7 Å². The van der Waals surface area contributed by atoms with Gasteiger partial charge in [-0.1, -0.05) is 31.2 Å². The molecule has 0 radical (unpaired) electrons. The van der Waals surface area contributed by atoms with Crippen molar-refractivity contribution in [3.8, 4) is 0 Å². The van der Waals surface area contributed by atoms with Crippen LogP contribution >= 0.6 is 23.2 Å². The molecule has 0 spiro atoms. The summed E-state index contributed by atoms with van der Waals surface area (Å²) in [6.07, 6.45) is 1.61. The van der Waals surface area contributed by atoms with Gasteiger partial charge >= 0.3 is 0 Å². The molecule has 104 valence electrons. The van der Waals surface area contributed by atoms with Gasteiger partial charge in [0.25, 0.3) is 0 Å². The van der Waals surface area contributed by atoms with Gasteiger partial charge < -0.3 is 4.74 Å².